The summed E-state index contributed by atoms with van der Waals surface area (Å²) in [4.78, 5) is 15.9. The lowest BCUT2D eigenvalue weighted by atomic mass is 10.1. The number of hydrogen-bond acceptors (Lipinski definition) is 3. The van der Waals surface area contributed by atoms with Crippen LogP contribution in [0.25, 0.3) is 0 Å². The summed E-state index contributed by atoms with van der Waals surface area (Å²) in [5, 5.41) is 6.96. The standard InChI is InChI=1S/C14H18N4O/c1-10-4-5-13(11(2)6-10)17-14(19)7-12(3)18-9-15-8-16-18/h4-6,8-9,12H,7H2,1-3H3,(H,17,19). The topological polar surface area (TPSA) is 59.8 Å². The van der Waals surface area contributed by atoms with Crippen molar-refractivity contribution in [3.8, 4) is 0 Å². The zero-order valence-electron chi connectivity index (χ0n) is 11.4. The number of hydrogen-bond donors (Lipinski definition) is 1. The van der Waals surface area contributed by atoms with Gasteiger partial charge in [0.15, 0.2) is 0 Å². The van der Waals surface area contributed by atoms with Crippen LogP contribution in [0.3, 0.4) is 0 Å². The maximum absolute atomic E-state index is 12.0. The molecule has 0 fully saturated rings. The highest BCUT2D eigenvalue weighted by Crippen LogP contribution is 2.17. The second kappa shape index (κ2) is 5.65. The molecule has 100 valence electrons. The van der Waals surface area contributed by atoms with Crippen molar-refractivity contribution < 1.29 is 4.79 Å². The van der Waals surface area contributed by atoms with Crippen LogP contribution < -0.4 is 5.32 Å². The van der Waals surface area contributed by atoms with Gasteiger partial charge in [-0.15, -0.1) is 0 Å². The molecule has 1 aromatic carbocycles. The summed E-state index contributed by atoms with van der Waals surface area (Å²) in [6.07, 6.45) is 3.46. The lowest BCUT2D eigenvalue weighted by Crippen LogP contribution is -2.18. The highest BCUT2D eigenvalue weighted by atomic mass is 16.1. The highest BCUT2D eigenvalue weighted by molar-refractivity contribution is 5.91. The first-order valence-electron chi connectivity index (χ1n) is 6.27. The van der Waals surface area contributed by atoms with Crippen molar-refractivity contribution in [2.24, 2.45) is 0 Å². The van der Waals surface area contributed by atoms with Crippen LogP contribution in [-0.2, 0) is 4.79 Å². The molecular weight excluding hydrogens is 240 g/mol. The molecule has 5 heteroatoms. The first-order chi connectivity index (χ1) is 9.06. The number of aromatic nitrogens is 3. The van der Waals surface area contributed by atoms with Crippen LogP contribution in [0.4, 0.5) is 5.69 Å². The molecule has 19 heavy (non-hydrogen) atoms. The molecule has 2 aromatic rings. The van der Waals surface area contributed by atoms with Crippen molar-refractivity contribution in [1.82, 2.24) is 14.8 Å². The molecule has 0 aliphatic rings. The number of benzene rings is 1. The smallest absolute Gasteiger partial charge is 0.226 e. The minimum Gasteiger partial charge on any atom is -0.326 e. The lowest BCUT2D eigenvalue weighted by Gasteiger charge is -2.13. The molecule has 2 rings (SSSR count). The molecule has 0 radical (unpaired) electrons. The third-order valence-corrected chi connectivity index (χ3v) is 3.03. The molecule has 1 amide bonds. The van der Waals surface area contributed by atoms with Crippen molar-refractivity contribution >= 4 is 11.6 Å². The summed E-state index contributed by atoms with van der Waals surface area (Å²) < 4.78 is 1.68. The summed E-state index contributed by atoms with van der Waals surface area (Å²) in [5.74, 6) is -0.0186. The Morgan fingerprint density at radius 1 is 1.42 bits per heavy atom. The third kappa shape index (κ3) is 3.40. The summed E-state index contributed by atoms with van der Waals surface area (Å²) in [6.45, 7) is 5.96. The van der Waals surface area contributed by atoms with E-state index in [9.17, 15) is 4.79 Å². The molecular formula is C14H18N4O. The molecule has 5 nitrogen and oxygen atoms in total. The van der Waals surface area contributed by atoms with E-state index in [0.29, 0.717) is 6.42 Å². The van der Waals surface area contributed by atoms with Gasteiger partial charge in [0.2, 0.25) is 5.91 Å². The average Bonchev–Trinajstić information content (AvgIpc) is 2.86. The minimum absolute atomic E-state index is 0.00625. The molecule has 1 heterocycles. The van der Waals surface area contributed by atoms with Crippen molar-refractivity contribution in [3.05, 3.63) is 42.0 Å². The molecule has 1 unspecified atom stereocenters. The van der Waals surface area contributed by atoms with Crippen molar-refractivity contribution in [2.75, 3.05) is 5.32 Å². The van der Waals surface area contributed by atoms with Gasteiger partial charge in [-0.05, 0) is 32.4 Å². The fraction of sp³-hybridized carbons (Fsp3) is 0.357. The monoisotopic (exact) mass is 258 g/mol. The van der Waals surface area contributed by atoms with Crippen LogP contribution in [0.1, 0.15) is 30.5 Å². The average molecular weight is 258 g/mol. The number of nitrogens with zero attached hydrogens (tertiary/aromatic N) is 3. The molecule has 0 aliphatic heterocycles. The third-order valence-electron chi connectivity index (χ3n) is 3.03. The second-order valence-electron chi connectivity index (χ2n) is 4.80. The van der Waals surface area contributed by atoms with Gasteiger partial charge < -0.3 is 5.32 Å². The fourth-order valence-corrected chi connectivity index (χ4v) is 1.96. The predicted octanol–water partition coefficient (Wildman–Crippen LogP) is 2.48. The predicted molar refractivity (Wildman–Crippen MR) is 73.9 cm³/mol. The summed E-state index contributed by atoms with van der Waals surface area (Å²) in [6, 6.07) is 5.97. The summed E-state index contributed by atoms with van der Waals surface area (Å²) in [7, 11) is 0. The van der Waals surface area contributed by atoms with E-state index in [-0.39, 0.29) is 11.9 Å². The van der Waals surface area contributed by atoms with Crippen molar-refractivity contribution in [2.45, 2.75) is 33.2 Å². The first-order valence-corrected chi connectivity index (χ1v) is 6.27. The van der Waals surface area contributed by atoms with Gasteiger partial charge in [0.1, 0.15) is 12.7 Å². The van der Waals surface area contributed by atoms with E-state index in [1.165, 1.54) is 11.9 Å². The minimum atomic E-state index is -0.0186. The van der Waals surface area contributed by atoms with E-state index in [4.69, 9.17) is 0 Å². The number of rotatable bonds is 4. The number of amides is 1. The zero-order chi connectivity index (χ0) is 13.8. The second-order valence-corrected chi connectivity index (χ2v) is 4.80. The van der Waals surface area contributed by atoms with Gasteiger partial charge in [-0.2, -0.15) is 5.10 Å². The van der Waals surface area contributed by atoms with Crippen LogP contribution >= 0.6 is 0 Å². The summed E-state index contributed by atoms with van der Waals surface area (Å²) >= 11 is 0. The van der Waals surface area contributed by atoms with Crippen LogP contribution in [0, 0.1) is 13.8 Å². The Morgan fingerprint density at radius 3 is 2.84 bits per heavy atom. The Kier molecular flexibility index (Phi) is 3.94. The van der Waals surface area contributed by atoms with Gasteiger partial charge in [-0.1, -0.05) is 17.7 Å². The fourth-order valence-electron chi connectivity index (χ4n) is 1.96. The van der Waals surface area contributed by atoms with Gasteiger partial charge >= 0.3 is 0 Å². The van der Waals surface area contributed by atoms with E-state index in [0.717, 1.165) is 11.3 Å². The Labute approximate surface area is 112 Å². The van der Waals surface area contributed by atoms with E-state index < -0.39 is 0 Å². The lowest BCUT2D eigenvalue weighted by molar-refractivity contribution is -0.116. The van der Waals surface area contributed by atoms with E-state index in [2.05, 4.69) is 21.5 Å². The molecule has 0 spiro atoms. The van der Waals surface area contributed by atoms with Crippen LogP contribution in [0.2, 0.25) is 0 Å². The SMILES string of the molecule is Cc1ccc(NC(=O)CC(C)n2cncn2)c(C)c1. The Bertz CT molecular complexity index is 563. The van der Waals surface area contributed by atoms with E-state index in [1.54, 1.807) is 11.0 Å². The van der Waals surface area contributed by atoms with Crippen LogP contribution in [0.15, 0.2) is 30.9 Å². The number of anilines is 1. The molecule has 0 aliphatic carbocycles. The van der Waals surface area contributed by atoms with Gasteiger partial charge in [-0.25, -0.2) is 9.67 Å². The number of aryl methyl sites for hydroxylation is 2. The Hall–Kier alpha value is -2.17. The maximum atomic E-state index is 12.0. The number of carbonyl (C=O) groups excluding carboxylic acids is 1. The number of carbonyl (C=O) groups is 1. The van der Waals surface area contributed by atoms with Crippen LogP contribution in [-0.4, -0.2) is 20.7 Å². The van der Waals surface area contributed by atoms with Gasteiger partial charge in [0.25, 0.3) is 0 Å². The van der Waals surface area contributed by atoms with Gasteiger partial charge in [0.05, 0.1) is 6.04 Å². The molecule has 0 saturated carbocycles. The Morgan fingerprint density at radius 2 is 2.21 bits per heavy atom. The zero-order valence-corrected chi connectivity index (χ0v) is 11.4. The van der Waals surface area contributed by atoms with Crippen molar-refractivity contribution in [3.63, 3.8) is 0 Å². The molecule has 0 bridgehead atoms. The van der Waals surface area contributed by atoms with Crippen LogP contribution in [0.5, 0.6) is 0 Å². The summed E-state index contributed by atoms with van der Waals surface area (Å²) in [5.41, 5.74) is 3.12. The molecule has 0 saturated heterocycles. The highest BCUT2D eigenvalue weighted by Gasteiger charge is 2.12. The first kappa shape index (κ1) is 13.3. The van der Waals surface area contributed by atoms with Gasteiger partial charge in [-0.3, -0.25) is 4.79 Å². The quantitative estimate of drug-likeness (QED) is 0.916. The Balaban J connectivity index is 1.98. The molecule has 1 aromatic heterocycles. The van der Waals surface area contributed by atoms with Crippen molar-refractivity contribution in [1.29, 1.82) is 0 Å². The van der Waals surface area contributed by atoms with Gasteiger partial charge in [0, 0.05) is 12.1 Å². The van der Waals surface area contributed by atoms with E-state index in [1.807, 2.05) is 32.9 Å². The molecule has 1 atom stereocenters. The number of nitrogens with one attached hydrogen (secondary N) is 1. The molecule has 1 N–H and O–H groups in total. The largest absolute Gasteiger partial charge is 0.326 e. The normalized spacial score (nSPS) is 12.2. The van der Waals surface area contributed by atoms with E-state index >= 15 is 0 Å². The maximum Gasteiger partial charge on any atom is 0.226 e.